The van der Waals surface area contributed by atoms with Gasteiger partial charge in [-0.15, -0.1) is 0 Å². The van der Waals surface area contributed by atoms with Crippen molar-refractivity contribution in [1.82, 2.24) is 14.9 Å². The summed E-state index contributed by atoms with van der Waals surface area (Å²) >= 11 is 0. The van der Waals surface area contributed by atoms with E-state index in [4.69, 9.17) is 0 Å². The van der Waals surface area contributed by atoms with Crippen LogP contribution in [0.5, 0.6) is 0 Å². The fourth-order valence-electron chi connectivity index (χ4n) is 4.41. The van der Waals surface area contributed by atoms with Crippen LogP contribution in [-0.2, 0) is 22.2 Å². The number of rotatable bonds is 7. The number of anilines is 4. The van der Waals surface area contributed by atoms with Gasteiger partial charge in [-0.3, -0.25) is 9.59 Å². The number of likely N-dealkylation sites (tertiary alicyclic amines) is 1. The lowest BCUT2D eigenvalue weighted by atomic mass is 9.99. The second-order valence-corrected chi connectivity index (χ2v) is 8.48. The van der Waals surface area contributed by atoms with E-state index in [1.54, 1.807) is 18.2 Å². The van der Waals surface area contributed by atoms with Gasteiger partial charge in [-0.05, 0) is 49.4 Å². The van der Waals surface area contributed by atoms with Crippen LogP contribution in [0.25, 0.3) is 0 Å². The highest BCUT2D eigenvalue weighted by Gasteiger charge is 2.35. The Morgan fingerprint density at radius 2 is 2.12 bits per heavy atom. The Morgan fingerprint density at radius 1 is 1.29 bits per heavy atom. The number of aromatic nitrogens is 2. The normalized spacial score (nSPS) is 17.8. The molecule has 2 aliphatic rings. The molecule has 4 rings (SSSR count). The summed E-state index contributed by atoms with van der Waals surface area (Å²) in [6.45, 7) is 2.74. The zero-order chi connectivity index (χ0) is 24.3. The zero-order valence-electron chi connectivity index (χ0n) is 18.8. The molecule has 1 aromatic heterocycles. The molecule has 3 N–H and O–H groups in total. The number of benzene rings is 1. The lowest BCUT2D eigenvalue weighted by Gasteiger charge is -2.36. The van der Waals surface area contributed by atoms with E-state index in [2.05, 4.69) is 25.9 Å². The van der Waals surface area contributed by atoms with Crippen molar-refractivity contribution in [2.45, 2.75) is 57.7 Å². The summed E-state index contributed by atoms with van der Waals surface area (Å²) in [5.74, 6) is -0.345. The molecule has 8 nitrogen and oxygen atoms in total. The monoisotopic (exact) mass is 476 g/mol. The molecule has 182 valence electrons. The molecule has 2 aliphatic heterocycles. The number of nitrogens with one attached hydrogen (secondary N) is 3. The van der Waals surface area contributed by atoms with Crippen molar-refractivity contribution in [3.8, 4) is 0 Å². The smallest absolute Gasteiger partial charge is 0.369 e. The van der Waals surface area contributed by atoms with Gasteiger partial charge in [0, 0.05) is 43.1 Å². The first kappa shape index (κ1) is 23.8. The van der Waals surface area contributed by atoms with Crippen LogP contribution in [0.4, 0.5) is 36.3 Å². The predicted molar refractivity (Wildman–Crippen MR) is 122 cm³/mol. The maximum Gasteiger partial charge on any atom is 0.421 e. The van der Waals surface area contributed by atoms with Crippen LogP contribution >= 0.6 is 0 Å². The Hall–Kier alpha value is -3.37. The fourth-order valence-corrected chi connectivity index (χ4v) is 4.41. The van der Waals surface area contributed by atoms with E-state index < -0.39 is 11.7 Å². The molecule has 0 spiro atoms. The lowest BCUT2D eigenvalue weighted by molar-refractivity contribution is -0.137. The number of carbonyl (C=O) groups is 2. The van der Waals surface area contributed by atoms with Crippen LogP contribution in [0.2, 0.25) is 0 Å². The molecule has 1 fully saturated rings. The third-order valence-electron chi connectivity index (χ3n) is 6.10. The number of piperidine rings is 1. The molecule has 1 unspecified atom stereocenters. The van der Waals surface area contributed by atoms with Crippen LogP contribution in [0.15, 0.2) is 24.4 Å². The highest BCUT2D eigenvalue weighted by atomic mass is 19.4. The number of hydrogen-bond acceptors (Lipinski definition) is 6. The molecule has 0 saturated carbocycles. The fraction of sp³-hybridized carbons (Fsp3) is 0.478. The van der Waals surface area contributed by atoms with Crippen molar-refractivity contribution < 1.29 is 22.8 Å². The van der Waals surface area contributed by atoms with E-state index in [0.29, 0.717) is 30.8 Å². The molecular formula is C23H27F3N6O2. The van der Waals surface area contributed by atoms with Gasteiger partial charge in [0.1, 0.15) is 11.4 Å². The van der Waals surface area contributed by atoms with Crippen LogP contribution in [0, 0.1) is 0 Å². The van der Waals surface area contributed by atoms with Gasteiger partial charge in [0.05, 0.1) is 6.42 Å². The summed E-state index contributed by atoms with van der Waals surface area (Å²) in [7, 11) is 0. The van der Waals surface area contributed by atoms with Crippen molar-refractivity contribution in [2.75, 3.05) is 29.0 Å². The summed E-state index contributed by atoms with van der Waals surface area (Å²) < 4.78 is 40.7. The number of halogens is 3. The van der Waals surface area contributed by atoms with Crippen molar-refractivity contribution >= 4 is 35.0 Å². The Labute approximate surface area is 195 Å². The van der Waals surface area contributed by atoms with Gasteiger partial charge >= 0.3 is 6.18 Å². The van der Waals surface area contributed by atoms with Gasteiger partial charge in [0.2, 0.25) is 17.8 Å². The second-order valence-electron chi connectivity index (χ2n) is 8.48. The molecule has 11 heteroatoms. The predicted octanol–water partition coefficient (Wildman–Crippen LogP) is 4.33. The number of amides is 2. The molecule has 0 bridgehead atoms. The average Bonchev–Trinajstić information content (AvgIpc) is 3.17. The first-order chi connectivity index (χ1) is 16.2. The van der Waals surface area contributed by atoms with Crippen LogP contribution < -0.4 is 16.0 Å². The highest BCUT2D eigenvalue weighted by molar-refractivity contribution is 5.99. The molecule has 0 aliphatic carbocycles. The third kappa shape index (κ3) is 5.40. The topological polar surface area (TPSA) is 99.3 Å². The number of hydrogen-bond donors (Lipinski definition) is 3. The number of fused-ring (bicyclic) bond motifs is 1. The summed E-state index contributed by atoms with van der Waals surface area (Å²) in [5, 5.41) is 8.46. The molecule has 3 heterocycles. The average molecular weight is 477 g/mol. The number of carbonyl (C=O) groups excluding carboxylic acids is 2. The minimum atomic E-state index is -4.62. The van der Waals surface area contributed by atoms with E-state index in [1.807, 2.05) is 11.8 Å². The van der Waals surface area contributed by atoms with Gasteiger partial charge in [-0.1, -0.05) is 6.92 Å². The summed E-state index contributed by atoms with van der Waals surface area (Å²) in [4.78, 5) is 33.5. The molecule has 1 saturated heterocycles. The summed E-state index contributed by atoms with van der Waals surface area (Å²) in [6, 6.07) is 5.16. The maximum absolute atomic E-state index is 13.6. The van der Waals surface area contributed by atoms with Gasteiger partial charge in [0.15, 0.2) is 0 Å². The highest BCUT2D eigenvalue weighted by Crippen LogP contribution is 2.34. The van der Waals surface area contributed by atoms with Crippen molar-refractivity contribution in [1.29, 1.82) is 0 Å². The second kappa shape index (κ2) is 9.86. The van der Waals surface area contributed by atoms with Crippen LogP contribution in [-0.4, -0.2) is 45.8 Å². The minimum absolute atomic E-state index is 0.00482. The molecule has 34 heavy (non-hydrogen) atoms. The van der Waals surface area contributed by atoms with Crippen LogP contribution in [0.1, 0.15) is 50.2 Å². The Bertz CT molecular complexity index is 1080. The van der Waals surface area contributed by atoms with E-state index >= 15 is 0 Å². The minimum Gasteiger partial charge on any atom is -0.369 e. The standard InChI is InChI=1S/C23H27F3N6O2/c1-2-20(34)32-10-4-3-5-16(32)8-9-27-21-17(23(24,25)26)13-28-22(31-21)29-15-6-7-18-14(11-15)12-19(33)30-18/h6-7,11,13,16H,2-5,8-10,12H2,1H3,(H,30,33)(H2,27,28,29,31). The molecule has 0 radical (unpaired) electrons. The SMILES string of the molecule is CCC(=O)N1CCCCC1CCNc1nc(Nc2ccc3c(c2)CC(=O)N3)ncc1C(F)(F)F. The van der Waals surface area contributed by atoms with Crippen molar-refractivity contribution in [3.05, 3.63) is 35.5 Å². The van der Waals surface area contributed by atoms with Gasteiger partial charge in [-0.2, -0.15) is 18.2 Å². The third-order valence-corrected chi connectivity index (χ3v) is 6.10. The van der Waals surface area contributed by atoms with Gasteiger partial charge in [0.25, 0.3) is 0 Å². The van der Waals surface area contributed by atoms with Gasteiger partial charge in [-0.25, -0.2) is 4.98 Å². The van der Waals surface area contributed by atoms with E-state index in [-0.39, 0.29) is 42.6 Å². The van der Waals surface area contributed by atoms with Gasteiger partial charge < -0.3 is 20.9 Å². The molecular weight excluding hydrogens is 449 g/mol. The Balaban J connectivity index is 1.47. The Kier molecular flexibility index (Phi) is 6.90. The summed E-state index contributed by atoms with van der Waals surface area (Å²) in [6.07, 6.45) is 0.101. The van der Waals surface area contributed by atoms with Crippen molar-refractivity contribution in [2.24, 2.45) is 0 Å². The summed E-state index contributed by atoms with van der Waals surface area (Å²) in [5.41, 5.74) is 1.12. The largest absolute Gasteiger partial charge is 0.421 e. The zero-order valence-corrected chi connectivity index (χ0v) is 18.8. The van der Waals surface area contributed by atoms with Crippen LogP contribution in [0.3, 0.4) is 0 Å². The molecule has 1 atom stereocenters. The van der Waals surface area contributed by atoms with Crippen molar-refractivity contribution in [3.63, 3.8) is 0 Å². The first-order valence-electron chi connectivity index (χ1n) is 11.4. The molecule has 1 aromatic carbocycles. The maximum atomic E-state index is 13.6. The first-order valence-corrected chi connectivity index (χ1v) is 11.4. The van der Waals surface area contributed by atoms with E-state index in [9.17, 15) is 22.8 Å². The molecule has 2 aromatic rings. The lowest BCUT2D eigenvalue weighted by Crippen LogP contribution is -2.44. The number of alkyl halides is 3. The quantitative estimate of drug-likeness (QED) is 0.550. The Morgan fingerprint density at radius 3 is 2.88 bits per heavy atom. The van der Waals surface area contributed by atoms with E-state index in [1.165, 1.54) is 0 Å². The number of nitrogens with zero attached hydrogens (tertiary/aromatic N) is 3. The van der Waals surface area contributed by atoms with E-state index in [0.717, 1.165) is 31.0 Å². The molecule has 2 amide bonds.